The predicted molar refractivity (Wildman–Crippen MR) is 157 cm³/mol. The van der Waals surface area contributed by atoms with Gasteiger partial charge in [-0.2, -0.15) is 0 Å². The van der Waals surface area contributed by atoms with E-state index in [0.717, 1.165) is 33.4 Å². The summed E-state index contributed by atoms with van der Waals surface area (Å²) in [6.45, 7) is 3.57. The second-order valence-corrected chi connectivity index (χ2v) is 9.16. The lowest BCUT2D eigenvalue weighted by Gasteiger charge is -2.14. The van der Waals surface area contributed by atoms with Crippen LogP contribution in [-0.4, -0.2) is 30.4 Å². The molecule has 1 heterocycles. The van der Waals surface area contributed by atoms with Crippen LogP contribution in [0.25, 0.3) is 22.3 Å². The van der Waals surface area contributed by atoms with Gasteiger partial charge < -0.3 is 14.2 Å². The number of imide groups is 1. The van der Waals surface area contributed by atoms with Crippen molar-refractivity contribution in [3.63, 3.8) is 0 Å². The molecule has 0 aliphatic carbocycles. The molecule has 2 amide bonds. The number of carbonyl (C=O) groups is 4. The molecule has 0 fully saturated rings. The summed E-state index contributed by atoms with van der Waals surface area (Å²) in [6, 6.07) is 28.9. The predicted octanol–water partition coefficient (Wildman–Crippen LogP) is 6.12. The van der Waals surface area contributed by atoms with E-state index in [9.17, 15) is 19.2 Å². The average Bonchev–Trinajstić information content (AvgIpc) is 3.35. The first-order valence-electron chi connectivity index (χ1n) is 13.0. The Hall–Kier alpha value is -5.76. The molecule has 0 N–H and O–H groups in total. The monoisotopic (exact) mass is 559 g/mol. The molecule has 4 aromatic carbocycles. The normalized spacial score (nSPS) is 12.2. The zero-order valence-electron chi connectivity index (χ0n) is 22.4. The molecule has 1 aliphatic heterocycles. The van der Waals surface area contributed by atoms with Gasteiger partial charge in [-0.25, -0.2) is 9.69 Å². The summed E-state index contributed by atoms with van der Waals surface area (Å²) in [5, 5.41) is 0. The molecule has 0 aromatic heterocycles. The van der Waals surface area contributed by atoms with E-state index >= 15 is 0 Å². The molecule has 42 heavy (non-hydrogen) atoms. The van der Waals surface area contributed by atoms with Crippen LogP contribution in [0, 0.1) is 0 Å². The molecular weight excluding hydrogens is 534 g/mol. The van der Waals surface area contributed by atoms with Crippen LogP contribution in [0.1, 0.15) is 16.8 Å². The number of ether oxygens (including phenoxy) is 3. The minimum Gasteiger partial charge on any atom is -0.493 e. The minimum atomic E-state index is -0.553. The van der Waals surface area contributed by atoms with Crippen LogP contribution in [0.3, 0.4) is 0 Å². The van der Waals surface area contributed by atoms with E-state index in [1.165, 1.54) is 36.4 Å². The van der Waals surface area contributed by atoms with Gasteiger partial charge in [0.25, 0.3) is 11.8 Å². The van der Waals surface area contributed by atoms with Crippen molar-refractivity contribution in [1.29, 1.82) is 0 Å². The molecule has 0 radical (unpaired) electrons. The topological polar surface area (TPSA) is 99.2 Å². The van der Waals surface area contributed by atoms with Gasteiger partial charge in [0, 0.05) is 12.2 Å². The molecule has 1 aliphatic rings. The lowest BCUT2D eigenvalue weighted by molar-refractivity contribution is -0.138. The third-order valence-electron chi connectivity index (χ3n) is 6.43. The lowest BCUT2D eigenvalue weighted by Crippen LogP contribution is -2.29. The first-order valence-corrected chi connectivity index (χ1v) is 13.0. The van der Waals surface area contributed by atoms with Gasteiger partial charge in [0.15, 0.2) is 0 Å². The van der Waals surface area contributed by atoms with Gasteiger partial charge in [0.2, 0.25) is 0 Å². The molecule has 0 spiro atoms. The summed E-state index contributed by atoms with van der Waals surface area (Å²) >= 11 is 0. The van der Waals surface area contributed by atoms with Crippen LogP contribution in [0.2, 0.25) is 0 Å². The van der Waals surface area contributed by atoms with Crippen molar-refractivity contribution in [2.24, 2.45) is 0 Å². The number of esters is 2. The van der Waals surface area contributed by atoms with E-state index in [-0.39, 0.29) is 13.0 Å². The molecule has 0 atom stereocenters. The smallest absolute Gasteiger partial charge is 0.343 e. The Morgan fingerprint density at radius 1 is 0.667 bits per heavy atom. The van der Waals surface area contributed by atoms with Gasteiger partial charge in [-0.3, -0.25) is 14.4 Å². The Morgan fingerprint density at radius 3 is 1.64 bits per heavy atom. The molecule has 0 bridgehead atoms. The van der Waals surface area contributed by atoms with E-state index in [1.54, 1.807) is 12.1 Å². The summed E-state index contributed by atoms with van der Waals surface area (Å²) in [5.74, 6) is -0.747. The van der Waals surface area contributed by atoms with Crippen LogP contribution in [0.15, 0.2) is 122 Å². The number of hydrogen-bond acceptors (Lipinski definition) is 7. The highest BCUT2D eigenvalue weighted by molar-refractivity contribution is 6.28. The molecule has 208 valence electrons. The summed E-state index contributed by atoms with van der Waals surface area (Å²) in [4.78, 5) is 48.7. The summed E-state index contributed by atoms with van der Waals surface area (Å²) in [6.07, 6.45) is 3.64. The van der Waals surface area contributed by atoms with Crippen molar-refractivity contribution in [2.75, 3.05) is 11.5 Å². The molecule has 0 unspecified atom stereocenters. The zero-order valence-corrected chi connectivity index (χ0v) is 22.4. The highest BCUT2D eigenvalue weighted by atomic mass is 16.5. The standard InChI is InChI=1S/C34H25NO7/c1-2-40-33(38)21-22-41-29-15-9-25(10-16-29)23-3-5-24(6-4-23)26-11-17-30(18-12-26)42-34(39)27-7-13-28(14-8-27)35-31(36)19-20-32(35)37/h2-20H,1,21-22H2. The van der Waals surface area contributed by atoms with Gasteiger partial charge in [-0.05, 0) is 70.8 Å². The van der Waals surface area contributed by atoms with Gasteiger partial charge in [-0.1, -0.05) is 55.1 Å². The molecule has 0 saturated heterocycles. The lowest BCUT2D eigenvalue weighted by atomic mass is 10.0. The first-order chi connectivity index (χ1) is 20.4. The highest BCUT2D eigenvalue weighted by Gasteiger charge is 2.25. The van der Waals surface area contributed by atoms with Crippen molar-refractivity contribution < 1.29 is 33.4 Å². The fourth-order valence-corrected chi connectivity index (χ4v) is 4.29. The first kappa shape index (κ1) is 27.8. The maximum Gasteiger partial charge on any atom is 0.343 e. The quantitative estimate of drug-likeness (QED) is 0.0998. The maximum absolute atomic E-state index is 12.6. The van der Waals surface area contributed by atoms with Gasteiger partial charge in [0.05, 0.1) is 30.5 Å². The molecule has 8 nitrogen and oxygen atoms in total. The van der Waals surface area contributed by atoms with Crippen molar-refractivity contribution in [3.8, 4) is 33.8 Å². The number of hydrogen-bond donors (Lipinski definition) is 0. The second-order valence-electron chi connectivity index (χ2n) is 9.16. The van der Waals surface area contributed by atoms with Crippen molar-refractivity contribution in [3.05, 3.63) is 128 Å². The number of benzene rings is 4. The van der Waals surface area contributed by atoms with Crippen LogP contribution >= 0.6 is 0 Å². The van der Waals surface area contributed by atoms with Gasteiger partial charge >= 0.3 is 11.9 Å². The fourth-order valence-electron chi connectivity index (χ4n) is 4.29. The molecule has 4 aromatic rings. The largest absolute Gasteiger partial charge is 0.493 e. The average molecular weight is 560 g/mol. The molecule has 5 rings (SSSR count). The van der Waals surface area contributed by atoms with Crippen molar-refractivity contribution >= 4 is 29.4 Å². The van der Waals surface area contributed by atoms with Crippen LogP contribution in [-0.2, 0) is 19.1 Å². The molecule has 8 heteroatoms. The maximum atomic E-state index is 12.6. The minimum absolute atomic E-state index is 0.137. The Morgan fingerprint density at radius 2 is 1.14 bits per heavy atom. The number of anilines is 1. The number of rotatable bonds is 10. The highest BCUT2D eigenvalue weighted by Crippen LogP contribution is 2.28. The van der Waals surface area contributed by atoms with Crippen molar-refractivity contribution in [1.82, 2.24) is 0 Å². The Balaban J connectivity index is 1.16. The van der Waals surface area contributed by atoms with Crippen LogP contribution < -0.4 is 14.4 Å². The van der Waals surface area contributed by atoms with E-state index in [1.807, 2.05) is 60.7 Å². The third-order valence-corrected chi connectivity index (χ3v) is 6.43. The summed E-state index contributed by atoms with van der Waals surface area (Å²) < 4.78 is 15.7. The molecular formula is C34H25NO7. The fraction of sp³-hybridized carbons (Fsp3) is 0.0588. The van der Waals surface area contributed by atoms with Crippen LogP contribution in [0.4, 0.5) is 5.69 Å². The van der Waals surface area contributed by atoms with E-state index < -0.39 is 23.8 Å². The Bertz CT molecular complexity index is 1640. The van der Waals surface area contributed by atoms with Crippen LogP contribution in [0.5, 0.6) is 11.5 Å². The summed E-state index contributed by atoms with van der Waals surface area (Å²) in [7, 11) is 0. The zero-order chi connectivity index (χ0) is 29.5. The number of amides is 2. The summed E-state index contributed by atoms with van der Waals surface area (Å²) in [5.41, 5.74) is 4.68. The molecule has 0 saturated carbocycles. The van der Waals surface area contributed by atoms with E-state index in [4.69, 9.17) is 9.47 Å². The second kappa shape index (κ2) is 12.6. The van der Waals surface area contributed by atoms with E-state index in [0.29, 0.717) is 22.7 Å². The Labute approximate surface area is 242 Å². The third kappa shape index (κ3) is 6.51. The van der Waals surface area contributed by atoms with Crippen molar-refractivity contribution in [2.45, 2.75) is 6.42 Å². The number of carbonyl (C=O) groups excluding carboxylic acids is 4. The number of nitrogens with zero attached hydrogens (tertiary/aromatic N) is 1. The van der Waals surface area contributed by atoms with Gasteiger partial charge in [-0.15, -0.1) is 0 Å². The SMILES string of the molecule is C=COC(=O)CCOc1ccc(-c2ccc(-c3ccc(OC(=O)c4ccc(N5C(=O)C=CC5=O)cc4)cc3)cc2)cc1. The Kier molecular flexibility index (Phi) is 8.34. The van der Waals surface area contributed by atoms with Gasteiger partial charge in [0.1, 0.15) is 11.5 Å². The van der Waals surface area contributed by atoms with E-state index in [2.05, 4.69) is 11.3 Å².